The number of aromatic nitrogens is 2. The number of hydrogen-bond acceptors (Lipinski definition) is 3. The third-order valence-electron chi connectivity index (χ3n) is 10.5. The summed E-state index contributed by atoms with van der Waals surface area (Å²) in [5, 5.41) is 6.21. The van der Waals surface area contributed by atoms with E-state index in [0.717, 1.165) is 33.9 Å². The van der Waals surface area contributed by atoms with Gasteiger partial charge in [0.05, 0.1) is 11.4 Å². The monoisotopic (exact) mass is 656 g/mol. The van der Waals surface area contributed by atoms with Gasteiger partial charge in [0.15, 0.2) is 5.82 Å². The first-order chi connectivity index (χ1) is 24.5. The van der Waals surface area contributed by atoms with Crippen LogP contribution in [-0.4, -0.2) is 9.97 Å². The first kappa shape index (κ1) is 29.1. The maximum Gasteiger partial charge on any atom is 0.160 e. The highest BCUT2D eigenvalue weighted by Gasteiger charge is 2.37. The molecular weight excluding hydrogens is 625 g/mol. The van der Waals surface area contributed by atoms with Gasteiger partial charge in [0.1, 0.15) is 0 Å². The van der Waals surface area contributed by atoms with Crippen LogP contribution in [0.25, 0.3) is 87.1 Å². The van der Waals surface area contributed by atoms with Crippen molar-refractivity contribution in [2.45, 2.75) is 19.3 Å². The van der Waals surface area contributed by atoms with Crippen molar-refractivity contribution in [3.63, 3.8) is 0 Å². The molecule has 10 rings (SSSR count). The van der Waals surface area contributed by atoms with Gasteiger partial charge < -0.3 is 0 Å². The molecule has 2 nitrogen and oxygen atoms in total. The first-order valence-electron chi connectivity index (χ1n) is 17.2. The highest BCUT2D eigenvalue weighted by Crippen LogP contribution is 2.53. The van der Waals surface area contributed by atoms with Crippen molar-refractivity contribution < 1.29 is 0 Å². The SMILES string of the molecule is CC1(C)c2cc3ccccc3cc2-c2c(-c3cc(-c4ccc(-c5cc6ccccc6s5)c5ccccc45)nc(-c4ccccc4)n3)cccc21. The van der Waals surface area contributed by atoms with Gasteiger partial charge in [-0.1, -0.05) is 141 Å². The molecule has 0 spiro atoms. The molecule has 1 aliphatic rings. The van der Waals surface area contributed by atoms with Crippen molar-refractivity contribution in [2.24, 2.45) is 0 Å². The van der Waals surface area contributed by atoms with Crippen LogP contribution in [0.3, 0.4) is 0 Å². The van der Waals surface area contributed by atoms with Crippen LogP contribution in [0.5, 0.6) is 0 Å². The number of fused-ring (bicyclic) bond motifs is 6. The molecule has 1 aliphatic carbocycles. The Hall–Kier alpha value is -5.90. The minimum Gasteiger partial charge on any atom is -0.228 e. The Morgan fingerprint density at radius 2 is 1.10 bits per heavy atom. The quantitative estimate of drug-likeness (QED) is 0.188. The predicted octanol–water partition coefficient (Wildman–Crippen LogP) is 13.0. The minimum absolute atomic E-state index is 0.137. The number of benzene rings is 7. The molecule has 0 unspecified atom stereocenters. The zero-order valence-corrected chi connectivity index (χ0v) is 28.6. The molecule has 0 saturated heterocycles. The Balaban J connectivity index is 1.21. The summed E-state index contributed by atoms with van der Waals surface area (Å²) >= 11 is 1.85. The maximum atomic E-state index is 5.32. The lowest BCUT2D eigenvalue weighted by Gasteiger charge is -2.22. The number of hydrogen-bond donors (Lipinski definition) is 0. The van der Waals surface area contributed by atoms with E-state index >= 15 is 0 Å². The molecule has 2 heterocycles. The fourth-order valence-corrected chi connectivity index (χ4v) is 9.08. The molecule has 3 heteroatoms. The molecule has 7 aromatic carbocycles. The van der Waals surface area contributed by atoms with E-state index in [2.05, 4.69) is 166 Å². The molecular formula is C47H32N2S. The standard InChI is InChI=1S/C47H32N2S/c1-47(2)39-21-12-20-37(45(39)38-25-30-15-6-7-16-31(30)26-40(38)47)42-28-41(48-46(49-42)29-13-4-3-5-14-29)35-23-24-36(34-19-10-9-18-33(34)35)44-27-32-17-8-11-22-43(32)50-44/h3-28H,1-2H3. The summed E-state index contributed by atoms with van der Waals surface area (Å²) in [6, 6.07) is 57.0. The van der Waals surface area contributed by atoms with Crippen molar-refractivity contribution in [3.05, 3.63) is 169 Å². The lowest BCUT2D eigenvalue weighted by atomic mass is 9.81. The minimum atomic E-state index is -0.137. The van der Waals surface area contributed by atoms with Crippen LogP contribution >= 0.6 is 11.3 Å². The molecule has 236 valence electrons. The van der Waals surface area contributed by atoms with E-state index in [0.29, 0.717) is 0 Å². The van der Waals surface area contributed by atoms with Gasteiger partial charge in [-0.25, -0.2) is 9.97 Å². The normalized spacial score (nSPS) is 13.2. The summed E-state index contributed by atoms with van der Waals surface area (Å²) < 4.78 is 1.30. The lowest BCUT2D eigenvalue weighted by molar-refractivity contribution is 0.661. The van der Waals surface area contributed by atoms with Gasteiger partial charge in [0.2, 0.25) is 0 Å². The van der Waals surface area contributed by atoms with Crippen molar-refractivity contribution >= 4 is 43.0 Å². The van der Waals surface area contributed by atoms with Gasteiger partial charge in [-0.15, -0.1) is 11.3 Å². The van der Waals surface area contributed by atoms with Crippen LogP contribution in [0.4, 0.5) is 0 Å². The molecule has 9 aromatic rings. The average Bonchev–Trinajstić information content (AvgIpc) is 3.70. The third kappa shape index (κ3) is 4.47. The molecule has 0 fully saturated rings. The van der Waals surface area contributed by atoms with Crippen LogP contribution < -0.4 is 0 Å². The van der Waals surface area contributed by atoms with E-state index in [4.69, 9.17) is 9.97 Å². The Labute approximate surface area is 295 Å². The van der Waals surface area contributed by atoms with Gasteiger partial charge in [-0.2, -0.15) is 0 Å². The molecule has 0 radical (unpaired) electrons. The molecule has 50 heavy (non-hydrogen) atoms. The van der Waals surface area contributed by atoms with Crippen LogP contribution in [0.1, 0.15) is 25.0 Å². The molecule has 0 amide bonds. The van der Waals surface area contributed by atoms with E-state index in [9.17, 15) is 0 Å². The summed E-state index contributed by atoms with van der Waals surface area (Å²) in [6.45, 7) is 4.70. The second-order valence-corrected chi connectivity index (χ2v) is 14.9. The van der Waals surface area contributed by atoms with Gasteiger partial charge in [-0.3, -0.25) is 0 Å². The largest absolute Gasteiger partial charge is 0.228 e. The summed E-state index contributed by atoms with van der Waals surface area (Å²) in [5.41, 5.74) is 11.5. The summed E-state index contributed by atoms with van der Waals surface area (Å²) in [4.78, 5) is 11.9. The Bertz CT molecular complexity index is 2760. The zero-order valence-electron chi connectivity index (χ0n) is 27.8. The van der Waals surface area contributed by atoms with E-state index in [-0.39, 0.29) is 5.41 Å². The first-order valence-corrected chi connectivity index (χ1v) is 18.0. The predicted molar refractivity (Wildman–Crippen MR) is 212 cm³/mol. The number of nitrogens with zero attached hydrogens (tertiary/aromatic N) is 2. The summed E-state index contributed by atoms with van der Waals surface area (Å²) in [5.74, 6) is 0.726. The number of thiophene rings is 1. The van der Waals surface area contributed by atoms with Crippen molar-refractivity contribution in [2.75, 3.05) is 0 Å². The van der Waals surface area contributed by atoms with E-state index in [1.165, 1.54) is 64.3 Å². The second-order valence-electron chi connectivity index (χ2n) is 13.8. The topological polar surface area (TPSA) is 25.8 Å². The van der Waals surface area contributed by atoms with Crippen molar-refractivity contribution in [3.8, 4) is 55.5 Å². The Morgan fingerprint density at radius 1 is 0.460 bits per heavy atom. The van der Waals surface area contributed by atoms with Crippen LogP contribution in [0.15, 0.2) is 158 Å². The third-order valence-corrected chi connectivity index (χ3v) is 11.6. The van der Waals surface area contributed by atoms with Gasteiger partial charge in [0, 0.05) is 31.7 Å². The van der Waals surface area contributed by atoms with Crippen LogP contribution in [0, 0.1) is 0 Å². The molecule has 0 saturated carbocycles. The van der Waals surface area contributed by atoms with E-state index in [1.807, 2.05) is 17.4 Å². The lowest BCUT2D eigenvalue weighted by Crippen LogP contribution is -2.14. The molecule has 2 aromatic heterocycles. The second kappa shape index (κ2) is 11.1. The fourth-order valence-electron chi connectivity index (χ4n) is 7.98. The Morgan fingerprint density at radius 3 is 1.88 bits per heavy atom. The van der Waals surface area contributed by atoms with Gasteiger partial charge >= 0.3 is 0 Å². The smallest absolute Gasteiger partial charge is 0.160 e. The highest BCUT2D eigenvalue weighted by atomic mass is 32.1. The van der Waals surface area contributed by atoms with E-state index in [1.54, 1.807) is 0 Å². The molecule has 0 N–H and O–H groups in total. The highest BCUT2D eigenvalue weighted by molar-refractivity contribution is 7.22. The summed E-state index contributed by atoms with van der Waals surface area (Å²) in [6.07, 6.45) is 0. The van der Waals surface area contributed by atoms with Crippen LogP contribution in [-0.2, 0) is 5.41 Å². The maximum absolute atomic E-state index is 5.32. The van der Waals surface area contributed by atoms with Crippen LogP contribution in [0.2, 0.25) is 0 Å². The fraction of sp³-hybridized carbons (Fsp3) is 0.0638. The van der Waals surface area contributed by atoms with Crippen molar-refractivity contribution in [1.29, 1.82) is 0 Å². The van der Waals surface area contributed by atoms with E-state index < -0.39 is 0 Å². The molecule has 0 bridgehead atoms. The zero-order chi connectivity index (χ0) is 33.4. The van der Waals surface area contributed by atoms with Gasteiger partial charge in [0.25, 0.3) is 0 Å². The summed E-state index contributed by atoms with van der Waals surface area (Å²) in [7, 11) is 0. The molecule has 0 atom stereocenters. The molecule has 0 aliphatic heterocycles. The van der Waals surface area contributed by atoms with Crippen molar-refractivity contribution in [1.82, 2.24) is 9.97 Å². The Kier molecular flexibility index (Phi) is 6.43. The number of rotatable bonds is 4. The van der Waals surface area contributed by atoms with Gasteiger partial charge in [-0.05, 0) is 85.1 Å². The average molecular weight is 657 g/mol.